The second-order valence-corrected chi connectivity index (χ2v) is 4.67. The van der Waals surface area contributed by atoms with Gasteiger partial charge in [0.05, 0.1) is 10.9 Å². The molecule has 0 aliphatic carbocycles. The van der Waals surface area contributed by atoms with Crippen LogP contribution >= 0.6 is 0 Å². The van der Waals surface area contributed by atoms with Gasteiger partial charge in [-0.25, -0.2) is 0 Å². The van der Waals surface area contributed by atoms with Crippen LogP contribution in [0.5, 0.6) is 0 Å². The van der Waals surface area contributed by atoms with Gasteiger partial charge in [0.25, 0.3) is 0 Å². The lowest BCUT2D eigenvalue weighted by molar-refractivity contribution is 0.112. The van der Waals surface area contributed by atoms with Gasteiger partial charge in [0.15, 0.2) is 6.29 Å². The molecule has 3 rings (SSSR count). The topological polar surface area (TPSA) is 47.3 Å². The Labute approximate surface area is 115 Å². The van der Waals surface area contributed by atoms with Crippen LogP contribution in [-0.2, 0) is 0 Å². The van der Waals surface area contributed by atoms with E-state index in [0.29, 0.717) is 17.3 Å². The van der Waals surface area contributed by atoms with Gasteiger partial charge < -0.3 is 4.42 Å². The van der Waals surface area contributed by atoms with Gasteiger partial charge in [0, 0.05) is 0 Å². The second kappa shape index (κ2) is 4.78. The third-order valence-electron chi connectivity index (χ3n) is 3.34. The van der Waals surface area contributed by atoms with E-state index in [-0.39, 0.29) is 11.0 Å². The molecule has 1 heterocycles. The summed E-state index contributed by atoms with van der Waals surface area (Å²) >= 11 is 0. The zero-order chi connectivity index (χ0) is 14.1. The first kappa shape index (κ1) is 12.4. The van der Waals surface area contributed by atoms with E-state index in [4.69, 9.17) is 4.42 Å². The minimum Gasteiger partial charge on any atom is -0.463 e. The SMILES string of the molecule is Cc1cc(-c2ccccc2)cc2occ(C=O)c(=O)c12. The fourth-order valence-electron chi connectivity index (χ4n) is 2.34. The summed E-state index contributed by atoms with van der Waals surface area (Å²) in [6.07, 6.45) is 1.74. The lowest BCUT2D eigenvalue weighted by Gasteiger charge is -2.06. The number of carbonyl (C=O) groups excluding carboxylic acids is 1. The van der Waals surface area contributed by atoms with Crippen LogP contribution < -0.4 is 5.43 Å². The molecule has 0 N–H and O–H groups in total. The van der Waals surface area contributed by atoms with Gasteiger partial charge in [-0.1, -0.05) is 36.4 Å². The van der Waals surface area contributed by atoms with Gasteiger partial charge in [-0.15, -0.1) is 0 Å². The molecule has 0 atom stereocenters. The number of hydrogen-bond acceptors (Lipinski definition) is 3. The highest BCUT2D eigenvalue weighted by Gasteiger charge is 2.11. The molecule has 0 saturated heterocycles. The normalized spacial score (nSPS) is 10.7. The first-order valence-corrected chi connectivity index (χ1v) is 6.27. The number of hydrogen-bond donors (Lipinski definition) is 0. The van der Waals surface area contributed by atoms with E-state index in [1.807, 2.05) is 49.4 Å². The number of aldehydes is 1. The molecule has 3 heteroatoms. The minimum atomic E-state index is -0.279. The molecule has 3 nitrogen and oxygen atoms in total. The Morgan fingerprint density at radius 1 is 1.05 bits per heavy atom. The predicted molar refractivity (Wildman–Crippen MR) is 78.0 cm³/mol. The third-order valence-corrected chi connectivity index (χ3v) is 3.34. The van der Waals surface area contributed by atoms with Gasteiger partial charge in [-0.05, 0) is 29.7 Å². The molecule has 2 aromatic carbocycles. The Bertz CT molecular complexity index is 845. The maximum absolute atomic E-state index is 12.1. The molecular weight excluding hydrogens is 252 g/mol. The Kier molecular flexibility index (Phi) is 2.95. The van der Waals surface area contributed by atoms with Gasteiger partial charge in [-0.2, -0.15) is 0 Å². The average Bonchev–Trinajstić information content (AvgIpc) is 2.48. The average molecular weight is 264 g/mol. The first-order valence-electron chi connectivity index (χ1n) is 6.27. The molecule has 3 aromatic rings. The zero-order valence-corrected chi connectivity index (χ0v) is 10.9. The maximum Gasteiger partial charge on any atom is 0.203 e. The van der Waals surface area contributed by atoms with Crippen molar-refractivity contribution in [3.05, 3.63) is 70.1 Å². The van der Waals surface area contributed by atoms with E-state index >= 15 is 0 Å². The van der Waals surface area contributed by atoms with Crippen molar-refractivity contribution in [1.82, 2.24) is 0 Å². The van der Waals surface area contributed by atoms with Crippen molar-refractivity contribution in [3.63, 3.8) is 0 Å². The van der Waals surface area contributed by atoms with Crippen molar-refractivity contribution < 1.29 is 9.21 Å². The molecular formula is C17H12O3. The zero-order valence-electron chi connectivity index (χ0n) is 10.9. The van der Waals surface area contributed by atoms with Crippen molar-refractivity contribution >= 4 is 17.3 Å². The van der Waals surface area contributed by atoms with Crippen molar-refractivity contribution in [1.29, 1.82) is 0 Å². The van der Waals surface area contributed by atoms with E-state index in [9.17, 15) is 9.59 Å². The summed E-state index contributed by atoms with van der Waals surface area (Å²) in [6.45, 7) is 1.85. The molecule has 0 amide bonds. The van der Waals surface area contributed by atoms with Crippen LogP contribution in [0.1, 0.15) is 15.9 Å². The Morgan fingerprint density at radius 3 is 2.50 bits per heavy atom. The molecule has 0 aliphatic rings. The van der Waals surface area contributed by atoms with Gasteiger partial charge in [0.2, 0.25) is 5.43 Å². The molecule has 1 aromatic heterocycles. The lowest BCUT2D eigenvalue weighted by atomic mass is 10.00. The summed E-state index contributed by atoms with van der Waals surface area (Å²) in [5.41, 5.74) is 3.11. The second-order valence-electron chi connectivity index (χ2n) is 4.67. The highest BCUT2D eigenvalue weighted by Crippen LogP contribution is 2.26. The predicted octanol–water partition coefficient (Wildman–Crippen LogP) is 3.58. The fraction of sp³-hybridized carbons (Fsp3) is 0.0588. The lowest BCUT2D eigenvalue weighted by Crippen LogP contribution is -2.09. The van der Waals surface area contributed by atoms with Crippen LogP contribution in [0.3, 0.4) is 0 Å². The summed E-state index contributed by atoms with van der Waals surface area (Å²) < 4.78 is 5.43. The van der Waals surface area contributed by atoms with Crippen LogP contribution in [0.25, 0.3) is 22.1 Å². The van der Waals surface area contributed by atoms with Crippen LogP contribution in [-0.4, -0.2) is 6.29 Å². The molecule has 0 spiro atoms. The maximum atomic E-state index is 12.1. The van der Waals surface area contributed by atoms with Crippen LogP contribution in [0.15, 0.2) is 57.9 Å². The summed E-state index contributed by atoms with van der Waals surface area (Å²) in [5.74, 6) is 0. The van der Waals surface area contributed by atoms with Crippen molar-refractivity contribution in [3.8, 4) is 11.1 Å². The van der Waals surface area contributed by atoms with Crippen molar-refractivity contribution in [2.24, 2.45) is 0 Å². The molecule has 0 fully saturated rings. The van der Waals surface area contributed by atoms with Crippen LogP contribution in [0.4, 0.5) is 0 Å². The Morgan fingerprint density at radius 2 is 1.80 bits per heavy atom. The van der Waals surface area contributed by atoms with E-state index in [2.05, 4.69) is 0 Å². The standard InChI is InChI=1S/C17H12O3/c1-11-7-13(12-5-3-2-4-6-12)8-15-16(11)17(19)14(9-18)10-20-15/h2-10H,1H3. The molecule has 0 saturated carbocycles. The van der Waals surface area contributed by atoms with Crippen molar-refractivity contribution in [2.75, 3.05) is 0 Å². The van der Waals surface area contributed by atoms with Crippen molar-refractivity contribution in [2.45, 2.75) is 6.92 Å². The quantitative estimate of drug-likeness (QED) is 0.665. The number of fused-ring (bicyclic) bond motifs is 1. The number of aryl methyl sites for hydroxylation is 1. The van der Waals surface area contributed by atoms with E-state index in [1.54, 1.807) is 0 Å². The summed E-state index contributed by atoms with van der Waals surface area (Å²) in [7, 11) is 0. The molecule has 0 unspecified atom stereocenters. The van der Waals surface area contributed by atoms with E-state index in [0.717, 1.165) is 16.7 Å². The fourth-order valence-corrected chi connectivity index (χ4v) is 2.34. The minimum absolute atomic E-state index is 0.0491. The third kappa shape index (κ3) is 1.93. The van der Waals surface area contributed by atoms with Crippen LogP contribution in [0, 0.1) is 6.92 Å². The smallest absolute Gasteiger partial charge is 0.203 e. The highest BCUT2D eigenvalue weighted by molar-refractivity contribution is 5.89. The van der Waals surface area contributed by atoms with E-state index in [1.165, 1.54) is 6.26 Å². The van der Waals surface area contributed by atoms with Gasteiger partial charge >= 0.3 is 0 Å². The number of rotatable bonds is 2. The number of benzene rings is 2. The summed E-state index contributed by atoms with van der Waals surface area (Å²) in [4.78, 5) is 22.9. The molecule has 98 valence electrons. The first-order chi connectivity index (χ1) is 9.70. The summed E-state index contributed by atoms with van der Waals surface area (Å²) in [6, 6.07) is 13.6. The Balaban J connectivity index is 2.32. The molecule has 20 heavy (non-hydrogen) atoms. The summed E-state index contributed by atoms with van der Waals surface area (Å²) in [5, 5.41) is 0.467. The van der Waals surface area contributed by atoms with E-state index < -0.39 is 0 Å². The largest absolute Gasteiger partial charge is 0.463 e. The van der Waals surface area contributed by atoms with Crippen LogP contribution in [0.2, 0.25) is 0 Å². The Hall–Kier alpha value is -2.68. The monoisotopic (exact) mass is 264 g/mol. The van der Waals surface area contributed by atoms with Gasteiger partial charge in [-0.3, -0.25) is 9.59 Å². The van der Waals surface area contributed by atoms with Gasteiger partial charge in [0.1, 0.15) is 11.8 Å². The molecule has 0 aliphatic heterocycles. The molecule has 0 radical (unpaired) electrons. The number of carbonyl (C=O) groups is 1. The highest BCUT2D eigenvalue weighted by atomic mass is 16.3. The molecule has 0 bridgehead atoms.